The average molecular weight is 725 g/mol. The fourth-order valence-electron chi connectivity index (χ4n) is 9.03. The maximum Gasteiger partial charge on any atom is 0.319 e. The first-order chi connectivity index (χ1) is 25.2. The Morgan fingerprint density at radius 2 is 1.77 bits per heavy atom. The molecule has 0 unspecified atom stereocenters. The predicted octanol–water partition coefficient (Wildman–Crippen LogP) is 5.58. The van der Waals surface area contributed by atoms with Crippen LogP contribution in [0, 0.1) is 36.0 Å². The molecule has 4 aliphatic rings. The molecule has 5 N–H and O–H groups in total. The molecule has 1 saturated heterocycles. The summed E-state index contributed by atoms with van der Waals surface area (Å²) in [5.41, 5.74) is 6.15. The van der Waals surface area contributed by atoms with E-state index < -0.39 is 30.2 Å². The van der Waals surface area contributed by atoms with Crippen LogP contribution in [0.2, 0.25) is 0 Å². The summed E-state index contributed by atoms with van der Waals surface area (Å²) in [6.07, 6.45) is 0.560. The van der Waals surface area contributed by atoms with Crippen molar-refractivity contribution in [2.24, 2.45) is 29.1 Å². The molecule has 0 radical (unpaired) electrons. The largest absolute Gasteiger partial charge is 0.393 e. The SMILES string of the molecule is CNC(=O)c1cc(-c2cccc(CN3O[C@@H](CNC(=O)Nc4ccccc4)[C@@H]([C@H](C)O)[C@H]3C(=O)N[C@H]3C[C@@H]4C[C@H]([C@@H]3C)C4(C)C)c2C)cc(N(C)C)c1. The summed E-state index contributed by atoms with van der Waals surface area (Å²) in [7, 11) is 5.51. The maximum absolute atomic E-state index is 14.5. The van der Waals surface area contributed by atoms with Gasteiger partial charge in [-0.05, 0) is 102 Å². The Labute approximate surface area is 313 Å². The quantitative estimate of drug-likeness (QED) is 0.174. The third-order valence-corrected chi connectivity index (χ3v) is 12.4. The minimum Gasteiger partial charge on any atom is -0.393 e. The van der Waals surface area contributed by atoms with E-state index in [9.17, 15) is 19.5 Å². The van der Waals surface area contributed by atoms with E-state index in [2.05, 4.69) is 48.1 Å². The highest BCUT2D eigenvalue weighted by Crippen LogP contribution is 2.61. The van der Waals surface area contributed by atoms with Gasteiger partial charge >= 0.3 is 6.03 Å². The van der Waals surface area contributed by atoms with Crippen molar-refractivity contribution in [3.63, 3.8) is 0 Å². The van der Waals surface area contributed by atoms with Gasteiger partial charge in [0.25, 0.3) is 5.91 Å². The fraction of sp³-hybridized carbons (Fsp3) is 0.500. The molecule has 3 saturated carbocycles. The molecule has 2 bridgehead atoms. The van der Waals surface area contributed by atoms with Gasteiger partial charge in [0.2, 0.25) is 5.91 Å². The number of hydroxylamine groups is 2. The van der Waals surface area contributed by atoms with E-state index in [0.717, 1.165) is 34.4 Å². The third kappa shape index (κ3) is 7.79. The summed E-state index contributed by atoms with van der Waals surface area (Å²) in [6, 6.07) is 19.8. The molecule has 8 atom stereocenters. The van der Waals surface area contributed by atoms with Gasteiger partial charge in [-0.3, -0.25) is 14.4 Å². The second kappa shape index (κ2) is 15.5. The molecule has 0 aromatic heterocycles. The normalized spacial score (nSPS) is 26.5. The number of carbonyl (C=O) groups excluding carboxylic acids is 3. The zero-order chi connectivity index (χ0) is 38.2. The number of urea groups is 1. The number of anilines is 2. The topological polar surface area (TPSA) is 135 Å². The molecule has 4 fully saturated rings. The summed E-state index contributed by atoms with van der Waals surface area (Å²) in [5.74, 6) is 0.485. The van der Waals surface area contributed by atoms with Gasteiger partial charge in [0, 0.05) is 56.6 Å². The van der Waals surface area contributed by atoms with Crippen molar-refractivity contribution in [3.05, 3.63) is 83.4 Å². The summed E-state index contributed by atoms with van der Waals surface area (Å²) >= 11 is 0. The standard InChI is InChI=1S/C42H56N6O5/c1-24-27(13-12-16-33(24)28-17-29(39(50)43-6)19-32(18-28)47(7)8)23-48-38(40(51)46-35-21-30-20-34(25(35)2)42(30,4)5)37(26(3)49)36(53-48)22-44-41(52)45-31-14-10-9-11-15-31/h9-19,25-26,30,34-38,49H,20-23H2,1-8H3,(H,43,50)(H,46,51)(H2,44,45,52)/t25-,26-,30-,34+,35-,36-,37+,38-/m0/s1. The van der Waals surface area contributed by atoms with Crippen molar-refractivity contribution in [1.82, 2.24) is 21.0 Å². The van der Waals surface area contributed by atoms with Gasteiger partial charge in [0.1, 0.15) is 12.1 Å². The second-order valence-electron chi connectivity index (χ2n) is 16.1. The van der Waals surface area contributed by atoms with Crippen molar-refractivity contribution in [3.8, 4) is 11.1 Å². The molecule has 11 heteroatoms. The number of benzene rings is 3. The van der Waals surface area contributed by atoms with Gasteiger partial charge in [-0.2, -0.15) is 5.06 Å². The van der Waals surface area contributed by atoms with Crippen LogP contribution in [0.4, 0.5) is 16.2 Å². The smallest absolute Gasteiger partial charge is 0.319 e. The summed E-state index contributed by atoms with van der Waals surface area (Å²) in [4.78, 5) is 48.7. The van der Waals surface area contributed by atoms with Crippen LogP contribution < -0.4 is 26.2 Å². The molecular weight excluding hydrogens is 668 g/mol. The van der Waals surface area contributed by atoms with E-state index in [1.807, 2.05) is 74.4 Å². The van der Waals surface area contributed by atoms with Crippen molar-refractivity contribution < 1.29 is 24.3 Å². The number of hydrogen-bond acceptors (Lipinski definition) is 7. The fourth-order valence-corrected chi connectivity index (χ4v) is 9.03. The van der Waals surface area contributed by atoms with Gasteiger partial charge in [0.05, 0.1) is 12.6 Å². The number of aliphatic hydroxyl groups is 1. The van der Waals surface area contributed by atoms with Crippen molar-refractivity contribution in [1.29, 1.82) is 0 Å². The van der Waals surface area contributed by atoms with Crippen molar-refractivity contribution in [2.45, 2.75) is 78.3 Å². The summed E-state index contributed by atoms with van der Waals surface area (Å²) < 4.78 is 0. The zero-order valence-electron chi connectivity index (χ0n) is 32.3. The third-order valence-electron chi connectivity index (χ3n) is 12.4. The van der Waals surface area contributed by atoms with Crippen LogP contribution >= 0.6 is 0 Å². The van der Waals surface area contributed by atoms with E-state index in [0.29, 0.717) is 29.0 Å². The highest BCUT2D eigenvalue weighted by Gasteiger charge is 2.57. The van der Waals surface area contributed by atoms with Crippen molar-refractivity contribution >= 4 is 29.2 Å². The van der Waals surface area contributed by atoms with Crippen LogP contribution in [0.25, 0.3) is 11.1 Å². The van der Waals surface area contributed by atoms with Gasteiger partial charge in [-0.1, -0.05) is 57.2 Å². The highest BCUT2D eigenvalue weighted by atomic mass is 16.7. The van der Waals surface area contributed by atoms with Crippen LogP contribution in [-0.2, 0) is 16.2 Å². The molecule has 7 rings (SSSR count). The number of fused-ring (bicyclic) bond motifs is 2. The molecule has 284 valence electrons. The minimum atomic E-state index is -0.903. The molecule has 0 spiro atoms. The van der Waals surface area contributed by atoms with Gasteiger partial charge < -0.3 is 31.3 Å². The van der Waals surface area contributed by atoms with Crippen molar-refractivity contribution in [2.75, 3.05) is 37.9 Å². The van der Waals surface area contributed by atoms with Gasteiger partial charge in [0.15, 0.2) is 0 Å². The Morgan fingerprint density at radius 3 is 2.42 bits per heavy atom. The van der Waals surface area contributed by atoms with Crippen LogP contribution in [-0.4, -0.2) is 80.0 Å². The molecule has 1 aliphatic heterocycles. The Hall–Kier alpha value is -4.45. The highest BCUT2D eigenvalue weighted by molar-refractivity contribution is 5.97. The first kappa shape index (κ1) is 38.3. The zero-order valence-corrected chi connectivity index (χ0v) is 32.3. The molecule has 11 nitrogen and oxygen atoms in total. The van der Waals surface area contributed by atoms with Crippen LogP contribution in [0.1, 0.15) is 62.0 Å². The molecule has 4 amide bonds. The monoisotopic (exact) mass is 724 g/mol. The molecule has 53 heavy (non-hydrogen) atoms. The number of para-hydroxylation sites is 1. The van der Waals surface area contributed by atoms with E-state index in [1.54, 1.807) is 31.2 Å². The number of aliphatic hydroxyl groups excluding tert-OH is 1. The lowest BCUT2D eigenvalue weighted by Crippen LogP contribution is -2.62. The first-order valence-corrected chi connectivity index (χ1v) is 18.8. The van der Waals surface area contributed by atoms with Crippen LogP contribution in [0.3, 0.4) is 0 Å². The summed E-state index contributed by atoms with van der Waals surface area (Å²) in [6.45, 7) is 11.0. The van der Waals surface area contributed by atoms with Gasteiger partial charge in [-0.25, -0.2) is 4.79 Å². The minimum absolute atomic E-state index is 0.0353. The van der Waals surface area contributed by atoms with Crippen LogP contribution in [0.15, 0.2) is 66.7 Å². The molecule has 3 aromatic rings. The number of amides is 4. The summed E-state index contributed by atoms with van der Waals surface area (Å²) in [5, 5.41) is 24.8. The first-order valence-electron chi connectivity index (χ1n) is 18.8. The van der Waals surface area contributed by atoms with Gasteiger partial charge in [-0.15, -0.1) is 0 Å². The Morgan fingerprint density at radius 1 is 1.04 bits per heavy atom. The molecule has 3 aliphatic carbocycles. The maximum atomic E-state index is 14.5. The number of carbonyl (C=O) groups is 3. The predicted molar refractivity (Wildman–Crippen MR) is 208 cm³/mol. The van der Waals surface area contributed by atoms with E-state index in [1.165, 1.54) is 6.42 Å². The van der Waals surface area contributed by atoms with E-state index in [4.69, 9.17) is 4.84 Å². The lowest BCUT2D eigenvalue weighted by molar-refractivity contribution is -0.176. The average Bonchev–Trinajstić information content (AvgIpc) is 3.50. The molecule has 1 heterocycles. The second-order valence-corrected chi connectivity index (χ2v) is 16.1. The lowest BCUT2D eigenvalue weighted by atomic mass is 9.45. The number of rotatable bonds is 11. The number of hydrogen-bond donors (Lipinski definition) is 5. The Bertz CT molecular complexity index is 1810. The number of nitrogens with one attached hydrogen (secondary N) is 4. The molecule has 3 aromatic carbocycles. The Balaban J connectivity index is 1.29. The van der Waals surface area contributed by atoms with Crippen LogP contribution in [0.5, 0.6) is 0 Å². The lowest BCUT2D eigenvalue weighted by Gasteiger charge is -2.62. The van der Waals surface area contributed by atoms with E-state index >= 15 is 0 Å². The Kier molecular flexibility index (Phi) is 11.2. The van der Waals surface area contributed by atoms with E-state index in [-0.39, 0.29) is 36.4 Å². The molecular formula is C42H56N6O5. The number of nitrogens with zero attached hydrogens (tertiary/aromatic N) is 2.